The lowest BCUT2D eigenvalue weighted by Gasteiger charge is -2.04. The van der Waals surface area contributed by atoms with Crippen LogP contribution in [0.2, 0.25) is 0 Å². The lowest BCUT2D eigenvalue weighted by Crippen LogP contribution is -2.10. The molecule has 0 saturated heterocycles. The normalized spacial score (nSPS) is 10.4. The van der Waals surface area contributed by atoms with Crippen LogP contribution in [0.5, 0.6) is 5.75 Å². The SMILES string of the molecule is Cc1nn(C)c(C)c1OC(=O)c1cncc(Br)c1. The van der Waals surface area contributed by atoms with Gasteiger partial charge in [0, 0.05) is 23.9 Å². The number of aromatic nitrogens is 3. The van der Waals surface area contributed by atoms with Crippen LogP contribution in [0.25, 0.3) is 0 Å². The van der Waals surface area contributed by atoms with E-state index in [4.69, 9.17) is 4.74 Å². The average molecular weight is 310 g/mol. The highest BCUT2D eigenvalue weighted by molar-refractivity contribution is 9.10. The second kappa shape index (κ2) is 4.89. The monoisotopic (exact) mass is 309 g/mol. The van der Waals surface area contributed by atoms with Gasteiger partial charge in [-0.25, -0.2) is 4.79 Å². The minimum Gasteiger partial charge on any atom is -0.419 e. The summed E-state index contributed by atoms with van der Waals surface area (Å²) in [6, 6.07) is 1.66. The van der Waals surface area contributed by atoms with Crippen LogP contribution < -0.4 is 4.74 Å². The molecule has 0 amide bonds. The molecule has 0 aromatic carbocycles. The molecule has 0 saturated carbocycles. The Morgan fingerprint density at radius 2 is 2.11 bits per heavy atom. The van der Waals surface area contributed by atoms with E-state index >= 15 is 0 Å². The van der Waals surface area contributed by atoms with Gasteiger partial charge in [-0.05, 0) is 35.8 Å². The standard InChI is InChI=1S/C12H12BrN3O2/c1-7-11(8(2)16(3)15-7)18-12(17)9-4-10(13)6-14-5-9/h4-6H,1-3H3. The fourth-order valence-corrected chi connectivity index (χ4v) is 1.94. The van der Waals surface area contributed by atoms with E-state index in [0.717, 1.165) is 10.2 Å². The molecular formula is C12H12BrN3O2. The van der Waals surface area contributed by atoms with Crippen molar-refractivity contribution in [3.8, 4) is 5.75 Å². The first kappa shape index (κ1) is 12.8. The zero-order valence-corrected chi connectivity index (χ0v) is 11.9. The predicted octanol–water partition coefficient (Wildman–Crippen LogP) is 2.41. The Labute approximate surface area is 113 Å². The fraction of sp³-hybridized carbons (Fsp3) is 0.250. The van der Waals surface area contributed by atoms with Crippen molar-refractivity contribution >= 4 is 21.9 Å². The molecule has 2 heterocycles. The zero-order chi connectivity index (χ0) is 13.3. The largest absolute Gasteiger partial charge is 0.419 e. The Kier molecular flexibility index (Phi) is 3.47. The molecule has 94 valence electrons. The average Bonchev–Trinajstić information content (AvgIpc) is 2.56. The number of rotatable bonds is 2. The van der Waals surface area contributed by atoms with Crippen LogP contribution in [0.4, 0.5) is 0 Å². The van der Waals surface area contributed by atoms with Gasteiger partial charge in [0.05, 0.1) is 11.3 Å². The van der Waals surface area contributed by atoms with E-state index in [0.29, 0.717) is 17.0 Å². The van der Waals surface area contributed by atoms with E-state index in [1.807, 2.05) is 6.92 Å². The second-order valence-corrected chi connectivity index (χ2v) is 4.82. The van der Waals surface area contributed by atoms with Crippen molar-refractivity contribution < 1.29 is 9.53 Å². The number of esters is 1. The summed E-state index contributed by atoms with van der Waals surface area (Å²) in [4.78, 5) is 15.9. The first-order valence-corrected chi connectivity index (χ1v) is 6.11. The number of halogens is 1. The fourth-order valence-electron chi connectivity index (χ4n) is 1.58. The molecule has 0 aliphatic rings. The third kappa shape index (κ3) is 2.43. The lowest BCUT2D eigenvalue weighted by atomic mass is 10.3. The minimum absolute atomic E-state index is 0.395. The van der Waals surface area contributed by atoms with Gasteiger partial charge in [0.2, 0.25) is 0 Å². The van der Waals surface area contributed by atoms with Gasteiger partial charge in [-0.1, -0.05) is 0 Å². The summed E-state index contributed by atoms with van der Waals surface area (Å²) in [5.74, 6) is 0.0606. The van der Waals surface area contributed by atoms with Crippen LogP contribution in [-0.4, -0.2) is 20.7 Å². The summed E-state index contributed by atoms with van der Waals surface area (Å²) in [6.07, 6.45) is 3.07. The summed E-state index contributed by atoms with van der Waals surface area (Å²) in [6.45, 7) is 3.65. The van der Waals surface area contributed by atoms with Gasteiger partial charge in [0.25, 0.3) is 0 Å². The quantitative estimate of drug-likeness (QED) is 0.799. The van der Waals surface area contributed by atoms with Crippen molar-refractivity contribution in [3.63, 3.8) is 0 Å². The smallest absolute Gasteiger partial charge is 0.345 e. The summed E-state index contributed by atoms with van der Waals surface area (Å²) >= 11 is 3.26. The van der Waals surface area contributed by atoms with Crippen LogP contribution in [0.15, 0.2) is 22.9 Å². The van der Waals surface area contributed by atoms with Crippen LogP contribution >= 0.6 is 15.9 Å². The number of pyridine rings is 1. The van der Waals surface area contributed by atoms with Gasteiger partial charge in [-0.2, -0.15) is 5.10 Å². The summed E-state index contributed by atoms with van der Waals surface area (Å²) < 4.78 is 7.77. The zero-order valence-electron chi connectivity index (χ0n) is 10.3. The summed E-state index contributed by atoms with van der Waals surface area (Å²) in [7, 11) is 1.81. The molecule has 6 heteroatoms. The number of hydrogen-bond acceptors (Lipinski definition) is 4. The van der Waals surface area contributed by atoms with Crippen molar-refractivity contribution in [2.75, 3.05) is 0 Å². The van der Waals surface area contributed by atoms with Gasteiger partial charge in [0.15, 0.2) is 5.75 Å². The van der Waals surface area contributed by atoms with Gasteiger partial charge in [-0.3, -0.25) is 9.67 Å². The predicted molar refractivity (Wildman–Crippen MR) is 69.6 cm³/mol. The number of aryl methyl sites for hydroxylation is 2. The maximum absolute atomic E-state index is 12.0. The molecule has 0 fully saturated rings. The van der Waals surface area contributed by atoms with Crippen molar-refractivity contribution in [1.29, 1.82) is 0 Å². The van der Waals surface area contributed by atoms with Gasteiger partial charge >= 0.3 is 5.97 Å². The van der Waals surface area contributed by atoms with E-state index in [1.165, 1.54) is 6.20 Å². The Morgan fingerprint density at radius 1 is 1.39 bits per heavy atom. The molecule has 0 spiro atoms. The molecule has 0 bridgehead atoms. The molecule has 0 radical (unpaired) electrons. The molecule has 2 rings (SSSR count). The second-order valence-electron chi connectivity index (χ2n) is 3.90. The maximum atomic E-state index is 12.0. The molecule has 5 nitrogen and oxygen atoms in total. The third-order valence-electron chi connectivity index (χ3n) is 2.58. The van der Waals surface area contributed by atoms with Gasteiger partial charge < -0.3 is 4.74 Å². The molecule has 0 aliphatic heterocycles. The van der Waals surface area contributed by atoms with E-state index in [2.05, 4.69) is 26.0 Å². The van der Waals surface area contributed by atoms with Crippen LogP contribution in [0.1, 0.15) is 21.7 Å². The number of nitrogens with zero attached hydrogens (tertiary/aromatic N) is 3. The highest BCUT2D eigenvalue weighted by atomic mass is 79.9. The molecule has 2 aromatic heterocycles. The first-order valence-electron chi connectivity index (χ1n) is 5.32. The highest BCUT2D eigenvalue weighted by Crippen LogP contribution is 2.22. The first-order chi connectivity index (χ1) is 8.49. The van der Waals surface area contributed by atoms with E-state index in [-0.39, 0.29) is 0 Å². The topological polar surface area (TPSA) is 57.0 Å². The van der Waals surface area contributed by atoms with Gasteiger partial charge in [0.1, 0.15) is 5.69 Å². The maximum Gasteiger partial charge on any atom is 0.345 e. The van der Waals surface area contributed by atoms with Crippen molar-refractivity contribution in [2.45, 2.75) is 13.8 Å². The van der Waals surface area contributed by atoms with Crippen molar-refractivity contribution in [2.24, 2.45) is 7.05 Å². The molecule has 0 atom stereocenters. The van der Waals surface area contributed by atoms with Crippen LogP contribution in [0, 0.1) is 13.8 Å². The third-order valence-corrected chi connectivity index (χ3v) is 3.01. The lowest BCUT2D eigenvalue weighted by molar-refractivity contribution is 0.0731. The van der Waals surface area contributed by atoms with Crippen LogP contribution in [-0.2, 0) is 7.05 Å². The number of ether oxygens (including phenoxy) is 1. The van der Waals surface area contributed by atoms with Crippen LogP contribution in [0.3, 0.4) is 0 Å². The van der Waals surface area contributed by atoms with E-state index in [9.17, 15) is 4.79 Å². The molecule has 0 aliphatic carbocycles. The summed E-state index contributed by atoms with van der Waals surface area (Å²) in [5.41, 5.74) is 1.89. The number of carbonyl (C=O) groups excluding carboxylic acids is 1. The molecule has 0 N–H and O–H groups in total. The Morgan fingerprint density at radius 3 is 2.67 bits per heavy atom. The minimum atomic E-state index is -0.442. The van der Waals surface area contributed by atoms with E-state index in [1.54, 1.807) is 30.9 Å². The molecule has 0 unspecified atom stereocenters. The van der Waals surface area contributed by atoms with E-state index < -0.39 is 5.97 Å². The Hall–Kier alpha value is -1.69. The number of hydrogen-bond donors (Lipinski definition) is 0. The Balaban J connectivity index is 2.27. The summed E-state index contributed by atoms with van der Waals surface area (Å²) in [5, 5.41) is 4.19. The van der Waals surface area contributed by atoms with Gasteiger partial charge in [-0.15, -0.1) is 0 Å². The molecule has 2 aromatic rings. The molecular weight excluding hydrogens is 298 g/mol. The Bertz CT molecular complexity index is 607. The van der Waals surface area contributed by atoms with Crippen molar-refractivity contribution in [3.05, 3.63) is 39.9 Å². The number of carbonyl (C=O) groups is 1. The van der Waals surface area contributed by atoms with Crippen molar-refractivity contribution in [1.82, 2.24) is 14.8 Å². The highest BCUT2D eigenvalue weighted by Gasteiger charge is 2.16. The molecule has 18 heavy (non-hydrogen) atoms.